The molecule has 0 saturated carbocycles. The first-order valence-corrected chi connectivity index (χ1v) is 12.6. The van der Waals surface area contributed by atoms with Crippen LogP contribution in [0.15, 0.2) is 58.8 Å². The molecule has 1 aliphatic rings. The van der Waals surface area contributed by atoms with Gasteiger partial charge in [-0.3, -0.25) is 0 Å². The van der Waals surface area contributed by atoms with Crippen molar-refractivity contribution < 1.29 is 31.1 Å². The highest BCUT2D eigenvalue weighted by Gasteiger charge is 2.32. The first-order valence-electron chi connectivity index (χ1n) is 10.3. The summed E-state index contributed by atoms with van der Waals surface area (Å²) in [4.78, 5) is 6.65. The monoisotopic (exact) mass is 513 g/mol. The van der Waals surface area contributed by atoms with Gasteiger partial charge < -0.3 is 14.4 Å². The van der Waals surface area contributed by atoms with Crippen LogP contribution in [-0.4, -0.2) is 57.4 Å². The van der Waals surface area contributed by atoms with Crippen molar-refractivity contribution in [2.45, 2.75) is 17.7 Å². The normalized spacial score (nSPS) is 15.4. The van der Waals surface area contributed by atoms with Crippen molar-refractivity contribution >= 4 is 26.5 Å². The fourth-order valence-electron chi connectivity index (χ4n) is 3.60. The van der Waals surface area contributed by atoms with Gasteiger partial charge in [-0.05, 0) is 42.0 Å². The number of nitrogens with zero attached hydrogens (tertiary/aromatic N) is 3. The van der Waals surface area contributed by atoms with Gasteiger partial charge in [-0.25, -0.2) is 13.4 Å². The lowest BCUT2D eigenvalue weighted by molar-refractivity contribution is -0.274. The van der Waals surface area contributed by atoms with E-state index in [9.17, 15) is 21.6 Å². The third kappa shape index (κ3) is 5.80. The molecule has 1 aliphatic heterocycles. The summed E-state index contributed by atoms with van der Waals surface area (Å²) in [6, 6.07) is 12.0. The van der Waals surface area contributed by atoms with Gasteiger partial charge in [0.1, 0.15) is 11.5 Å². The molecular formula is C22H22F3N3O4S2. The van der Waals surface area contributed by atoms with Crippen molar-refractivity contribution in [3.63, 3.8) is 0 Å². The Bertz CT molecular complexity index is 1220. The number of thiazole rings is 1. The van der Waals surface area contributed by atoms with Crippen LogP contribution >= 0.6 is 11.3 Å². The number of hydrogen-bond donors (Lipinski definition) is 0. The van der Waals surface area contributed by atoms with E-state index in [1.165, 1.54) is 15.6 Å². The van der Waals surface area contributed by atoms with Crippen molar-refractivity contribution in [1.82, 2.24) is 9.29 Å². The van der Waals surface area contributed by atoms with E-state index in [0.29, 0.717) is 19.5 Å². The molecule has 2 heterocycles. The lowest BCUT2D eigenvalue weighted by Gasteiger charge is -2.33. The number of methoxy groups -OCH3 is 1. The topological polar surface area (TPSA) is 72.0 Å². The third-order valence-corrected chi connectivity index (χ3v) is 8.13. The number of alkyl halides is 3. The Morgan fingerprint density at radius 3 is 2.38 bits per heavy atom. The minimum atomic E-state index is -4.83. The Labute approximate surface area is 199 Å². The van der Waals surface area contributed by atoms with Gasteiger partial charge in [-0.1, -0.05) is 12.1 Å². The van der Waals surface area contributed by atoms with E-state index in [4.69, 9.17) is 9.72 Å². The van der Waals surface area contributed by atoms with Crippen LogP contribution in [0.2, 0.25) is 0 Å². The number of halogens is 3. The molecule has 12 heteroatoms. The summed E-state index contributed by atoms with van der Waals surface area (Å²) < 4.78 is 73.2. The van der Waals surface area contributed by atoms with Gasteiger partial charge >= 0.3 is 6.36 Å². The lowest BCUT2D eigenvalue weighted by atomic mass is 10.1. The number of aromatic nitrogens is 1. The summed E-state index contributed by atoms with van der Waals surface area (Å²) >= 11 is 1.51. The number of piperazine rings is 1. The fourth-order valence-corrected chi connectivity index (χ4v) is 5.90. The van der Waals surface area contributed by atoms with Crippen LogP contribution < -0.4 is 14.4 Å². The van der Waals surface area contributed by atoms with E-state index in [-0.39, 0.29) is 18.0 Å². The first-order chi connectivity index (χ1) is 16.1. The average Bonchev–Trinajstić information content (AvgIpc) is 3.27. The Balaban J connectivity index is 1.36. The Morgan fingerprint density at radius 2 is 1.74 bits per heavy atom. The molecule has 2 aromatic carbocycles. The molecule has 1 aromatic heterocycles. The van der Waals surface area contributed by atoms with Gasteiger partial charge in [0.05, 0.1) is 17.7 Å². The second kappa shape index (κ2) is 9.80. The molecule has 0 radical (unpaired) electrons. The Kier molecular flexibility index (Phi) is 7.01. The molecule has 182 valence electrons. The molecule has 4 rings (SSSR count). The summed E-state index contributed by atoms with van der Waals surface area (Å²) in [6.07, 6.45) is -4.17. The maximum atomic E-state index is 12.9. The number of hydrogen-bond acceptors (Lipinski definition) is 7. The van der Waals surface area contributed by atoms with E-state index in [0.717, 1.165) is 46.4 Å². The number of ether oxygens (including phenoxy) is 2. The quantitative estimate of drug-likeness (QED) is 0.473. The smallest absolute Gasteiger partial charge is 0.497 e. The van der Waals surface area contributed by atoms with Gasteiger partial charge in [0.25, 0.3) is 0 Å². The third-order valence-electron chi connectivity index (χ3n) is 5.26. The van der Waals surface area contributed by atoms with E-state index in [1.807, 2.05) is 34.5 Å². The van der Waals surface area contributed by atoms with Gasteiger partial charge in [-0.2, -0.15) is 4.31 Å². The molecule has 0 bridgehead atoms. The van der Waals surface area contributed by atoms with Crippen molar-refractivity contribution in [3.8, 4) is 11.5 Å². The molecule has 0 N–H and O–H groups in total. The van der Waals surface area contributed by atoms with Crippen LogP contribution in [0.1, 0.15) is 11.3 Å². The van der Waals surface area contributed by atoms with Crippen molar-refractivity contribution in [1.29, 1.82) is 0 Å². The summed E-state index contributed by atoms with van der Waals surface area (Å²) in [7, 11) is -2.21. The minimum Gasteiger partial charge on any atom is -0.497 e. The molecule has 0 amide bonds. The highest BCUT2D eigenvalue weighted by molar-refractivity contribution is 7.89. The van der Waals surface area contributed by atoms with Crippen LogP contribution in [0.5, 0.6) is 11.5 Å². The van der Waals surface area contributed by atoms with Crippen LogP contribution in [-0.2, 0) is 16.4 Å². The minimum absolute atomic E-state index is 0.0784. The van der Waals surface area contributed by atoms with Crippen LogP contribution in [0, 0.1) is 0 Å². The summed E-state index contributed by atoms with van der Waals surface area (Å²) in [5.41, 5.74) is 2.00. The largest absolute Gasteiger partial charge is 0.573 e. The lowest BCUT2D eigenvalue weighted by Crippen LogP contribution is -2.48. The maximum absolute atomic E-state index is 12.9. The highest BCUT2D eigenvalue weighted by atomic mass is 32.2. The number of benzene rings is 2. The zero-order valence-corrected chi connectivity index (χ0v) is 19.8. The molecule has 7 nitrogen and oxygen atoms in total. The first kappa shape index (κ1) is 24.3. The number of anilines is 1. The van der Waals surface area contributed by atoms with Gasteiger partial charge in [0, 0.05) is 38.0 Å². The molecule has 3 aromatic rings. The zero-order valence-electron chi connectivity index (χ0n) is 18.2. The summed E-state index contributed by atoms with van der Waals surface area (Å²) in [5, 5.41) is 2.81. The molecule has 0 aliphatic carbocycles. The predicted octanol–water partition coefficient (Wildman–Crippen LogP) is 4.15. The van der Waals surface area contributed by atoms with Crippen molar-refractivity contribution in [3.05, 3.63) is 65.2 Å². The number of rotatable bonds is 7. The molecule has 0 atom stereocenters. The van der Waals surface area contributed by atoms with Crippen molar-refractivity contribution in [2.24, 2.45) is 0 Å². The molecular weight excluding hydrogens is 491 g/mol. The van der Waals surface area contributed by atoms with Gasteiger partial charge in [0.2, 0.25) is 10.0 Å². The van der Waals surface area contributed by atoms with Crippen molar-refractivity contribution in [2.75, 3.05) is 38.2 Å². The van der Waals surface area contributed by atoms with E-state index < -0.39 is 22.1 Å². The number of sulfonamides is 1. The Hall–Kier alpha value is -2.83. The predicted molar refractivity (Wildman–Crippen MR) is 122 cm³/mol. The summed E-state index contributed by atoms with van der Waals surface area (Å²) in [6.45, 7) is 1.41. The SMILES string of the molecule is COc1cccc(Cc2csc(N3CCN(S(=O)(=O)c4ccc(OC(F)(F)F)cc4)CC3)n2)c1. The molecule has 1 fully saturated rings. The second-order valence-electron chi connectivity index (χ2n) is 7.56. The molecule has 0 unspecified atom stereocenters. The van der Waals surface area contributed by atoms with E-state index >= 15 is 0 Å². The maximum Gasteiger partial charge on any atom is 0.573 e. The Morgan fingerprint density at radius 1 is 1.03 bits per heavy atom. The molecule has 0 spiro atoms. The highest BCUT2D eigenvalue weighted by Crippen LogP contribution is 2.28. The zero-order chi connectivity index (χ0) is 24.3. The molecule has 34 heavy (non-hydrogen) atoms. The summed E-state index contributed by atoms with van der Waals surface area (Å²) in [5.74, 6) is 0.317. The van der Waals surface area contributed by atoms with Crippen LogP contribution in [0.4, 0.5) is 18.3 Å². The van der Waals surface area contributed by atoms with E-state index in [1.54, 1.807) is 7.11 Å². The van der Waals surface area contributed by atoms with Crippen LogP contribution in [0.3, 0.4) is 0 Å². The standard InChI is InChI=1S/C22H22F3N3O4S2/c1-31-19-4-2-3-16(14-19)13-17-15-33-21(26-17)27-9-11-28(12-10-27)34(29,30)20-7-5-18(6-8-20)32-22(23,24)25/h2-8,14-15H,9-13H2,1H3. The van der Waals surface area contributed by atoms with Gasteiger partial charge in [-0.15, -0.1) is 24.5 Å². The second-order valence-corrected chi connectivity index (χ2v) is 10.3. The molecule has 1 saturated heterocycles. The van der Waals surface area contributed by atoms with Gasteiger partial charge in [0.15, 0.2) is 5.13 Å². The van der Waals surface area contributed by atoms with Crippen LogP contribution in [0.25, 0.3) is 0 Å². The average molecular weight is 514 g/mol. The fraction of sp³-hybridized carbons (Fsp3) is 0.318. The van der Waals surface area contributed by atoms with E-state index in [2.05, 4.69) is 4.74 Å².